The summed E-state index contributed by atoms with van der Waals surface area (Å²) in [6.07, 6.45) is 1.08. The third kappa shape index (κ3) is 9.70. The second-order valence-electron chi connectivity index (χ2n) is 15.3. The van der Waals surface area contributed by atoms with Gasteiger partial charge in [-0.15, -0.1) is 35.3 Å². The van der Waals surface area contributed by atoms with E-state index in [4.69, 9.17) is 15.3 Å². The molecule has 62 heavy (non-hydrogen) atoms. The predicted octanol–water partition coefficient (Wildman–Crippen LogP) is 6.35. The van der Waals surface area contributed by atoms with Gasteiger partial charge in [0.05, 0.1) is 11.1 Å². The van der Waals surface area contributed by atoms with Crippen molar-refractivity contribution in [2.24, 2.45) is 5.16 Å². The molecule has 2 fully saturated rings. The zero-order valence-corrected chi connectivity index (χ0v) is 37.4. The number of oxime groups is 1. The molecule has 3 aromatic carbocycles. The van der Waals surface area contributed by atoms with Crippen LogP contribution in [0.2, 0.25) is 0 Å². The van der Waals surface area contributed by atoms with E-state index in [0.29, 0.717) is 16.3 Å². The van der Waals surface area contributed by atoms with Crippen LogP contribution in [0.5, 0.6) is 0 Å². The number of thioether (sulfide) groups is 3. The van der Waals surface area contributed by atoms with Crippen molar-refractivity contribution in [3.8, 4) is 0 Å². The van der Waals surface area contributed by atoms with Crippen molar-refractivity contribution in [3.05, 3.63) is 138 Å². The highest BCUT2D eigenvalue weighted by Crippen LogP contribution is 2.47. The van der Waals surface area contributed by atoms with E-state index in [9.17, 15) is 24.3 Å². The highest BCUT2D eigenvalue weighted by atomic mass is 32.2. The molecule has 15 nitrogen and oxygen atoms in total. The molecule has 0 bridgehead atoms. The third-order valence-corrected chi connectivity index (χ3v) is 14.5. The number of carboxylic acids is 1. The molecule has 2 aliphatic rings. The molecule has 0 spiro atoms. The molecule has 0 saturated carbocycles. The number of carbonyl (C=O) groups excluding carboxylic acids is 3. The van der Waals surface area contributed by atoms with E-state index in [2.05, 4.69) is 30.1 Å². The van der Waals surface area contributed by atoms with Gasteiger partial charge in [0, 0.05) is 57.4 Å². The van der Waals surface area contributed by atoms with Crippen LogP contribution in [0.4, 0.5) is 9.93 Å². The number of anilines is 1. The first kappa shape index (κ1) is 44.4. The van der Waals surface area contributed by atoms with E-state index in [1.807, 2.05) is 97.9 Å². The quantitative estimate of drug-likeness (QED) is 0.0297. The van der Waals surface area contributed by atoms with Crippen molar-refractivity contribution < 1.29 is 33.9 Å². The van der Waals surface area contributed by atoms with E-state index < -0.39 is 51.2 Å². The number of carboxylic acid groups (broad SMARTS) is 1. The summed E-state index contributed by atoms with van der Waals surface area (Å²) in [5.41, 5.74) is 6.53. The molecule has 5 aromatic rings. The van der Waals surface area contributed by atoms with Crippen LogP contribution >= 0.6 is 46.8 Å². The molecular weight excluding hydrogens is 869 g/mol. The lowest BCUT2D eigenvalue weighted by molar-refractivity contribution is -0.151. The third-order valence-electron chi connectivity index (χ3n) is 9.76. The lowest BCUT2D eigenvalue weighted by Crippen LogP contribution is -2.74. The van der Waals surface area contributed by atoms with Crippen LogP contribution in [0.3, 0.4) is 0 Å². The summed E-state index contributed by atoms with van der Waals surface area (Å²) >= 11 is 4.68. The van der Waals surface area contributed by atoms with Gasteiger partial charge in [0.1, 0.15) is 21.8 Å². The lowest BCUT2D eigenvalue weighted by Gasteiger charge is -2.53. The monoisotopic (exact) mass is 912 g/mol. The minimum atomic E-state index is -1.42. The van der Waals surface area contributed by atoms with Crippen LogP contribution in [0, 0.1) is 0 Å². The number of amides is 3. The number of nitrogens with zero attached hydrogens (tertiary/aromatic N) is 5. The van der Waals surface area contributed by atoms with Crippen molar-refractivity contribution in [1.82, 2.24) is 29.9 Å². The van der Waals surface area contributed by atoms with Gasteiger partial charge in [-0.05, 0) is 39.8 Å². The fourth-order valence-corrected chi connectivity index (χ4v) is 11.1. The average Bonchev–Trinajstić information content (AvgIpc) is 3.69. The molecule has 5 N–H and O–H groups in total. The number of pyridine rings is 1. The Bertz CT molecular complexity index is 2340. The fourth-order valence-electron chi connectivity index (χ4n) is 6.86. The minimum absolute atomic E-state index is 0.0882. The molecule has 2 aromatic heterocycles. The molecule has 0 radical (unpaired) electrons. The number of hydrogen-bond donors (Lipinski definition) is 4. The molecule has 322 valence electrons. The Balaban J connectivity index is 1.10. The SMILES string of the molecule is CC(NC(=O)OC(C)(C)C)SCc1ncccc1SC1(C(=O)O)CS[C@@H]2[C@H](NC(=O)C(=NOC(c3ccccc3)(c3ccccc3)c3ccccc3)c3nsc(N)n3)C(=O)N2C1. The summed E-state index contributed by atoms with van der Waals surface area (Å²) in [5, 5.41) is 20.0. The van der Waals surface area contributed by atoms with Gasteiger partial charge in [0.15, 0.2) is 5.13 Å². The van der Waals surface area contributed by atoms with Gasteiger partial charge in [0.2, 0.25) is 23.0 Å². The van der Waals surface area contributed by atoms with Gasteiger partial charge in [-0.25, -0.2) is 4.79 Å². The van der Waals surface area contributed by atoms with Crippen molar-refractivity contribution >= 4 is 81.5 Å². The molecule has 2 unspecified atom stereocenters. The molecule has 4 atom stereocenters. The van der Waals surface area contributed by atoms with Crippen LogP contribution < -0.4 is 16.4 Å². The molecule has 19 heteroatoms. The number of β-lactam (4-membered cyclic amide) rings is 1. The number of alkyl carbamates (subject to hydrolysis) is 1. The Kier molecular flexibility index (Phi) is 13.5. The number of nitrogens with one attached hydrogen (secondary N) is 2. The molecule has 7 rings (SSSR count). The predicted molar refractivity (Wildman–Crippen MR) is 242 cm³/mol. The number of aliphatic carboxylic acids is 1. The topological polar surface area (TPSA) is 211 Å². The van der Waals surface area contributed by atoms with Gasteiger partial charge in [-0.2, -0.15) is 9.36 Å². The van der Waals surface area contributed by atoms with Gasteiger partial charge >= 0.3 is 12.1 Å². The van der Waals surface area contributed by atoms with E-state index in [0.717, 1.165) is 40.0 Å². The van der Waals surface area contributed by atoms with Gasteiger partial charge in [0.25, 0.3) is 5.91 Å². The Morgan fingerprint density at radius 3 is 2.15 bits per heavy atom. The number of nitrogen functional groups attached to an aromatic ring is 1. The number of rotatable bonds is 15. The first-order valence-electron chi connectivity index (χ1n) is 19.4. The van der Waals surface area contributed by atoms with E-state index in [-0.39, 0.29) is 34.3 Å². The zero-order chi connectivity index (χ0) is 44.1. The summed E-state index contributed by atoms with van der Waals surface area (Å²) in [6, 6.07) is 31.0. The minimum Gasteiger partial charge on any atom is -0.480 e. The van der Waals surface area contributed by atoms with Crippen LogP contribution in [0.25, 0.3) is 0 Å². The van der Waals surface area contributed by atoms with Gasteiger partial charge < -0.3 is 35.9 Å². The highest BCUT2D eigenvalue weighted by molar-refractivity contribution is 8.05. The average molecular weight is 913 g/mol. The van der Waals surface area contributed by atoms with Gasteiger partial charge in [-0.1, -0.05) is 96.2 Å². The van der Waals surface area contributed by atoms with Crippen molar-refractivity contribution in [3.63, 3.8) is 0 Å². The Morgan fingerprint density at radius 1 is 0.984 bits per heavy atom. The molecule has 2 aliphatic heterocycles. The first-order chi connectivity index (χ1) is 29.7. The van der Waals surface area contributed by atoms with Crippen molar-refractivity contribution in [2.75, 3.05) is 18.0 Å². The number of hydrogen-bond acceptors (Lipinski definition) is 15. The Labute approximate surface area is 375 Å². The molecule has 0 aliphatic carbocycles. The zero-order valence-electron chi connectivity index (χ0n) is 34.1. The number of nitrogens with two attached hydrogens (primary N) is 1. The fraction of sp³-hybridized carbons (Fsp3) is 0.302. The van der Waals surface area contributed by atoms with Crippen LogP contribution in [0.1, 0.15) is 55.9 Å². The maximum Gasteiger partial charge on any atom is 0.408 e. The highest BCUT2D eigenvalue weighted by Gasteiger charge is 2.58. The maximum absolute atomic E-state index is 14.3. The second-order valence-corrected chi connectivity index (χ2v) is 20.0. The normalized spacial score (nSPS) is 19.4. The summed E-state index contributed by atoms with van der Waals surface area (Å²) in [6.45, 7) is 7.06. The lowest BCUT2D eigenvalue weighted by atomic mass is 9.80. The van der Waals surface area contributed by atoms with E-state index in [1.54, 1.807) is 39.1 Å². The van der Waals surface area contributed by atoms with E-state index in [1.165, 1.54) is 28.4 Å². The van der Waals surface area contributed by atoms with Crippen molar-refractivity contribution in [1.29, 1.82) is 0 Å². The van der Waals surface area contributed by atoms with Crippen LogP contribution in [-0.4, -0.2) is 93.4 Å². The van der Waals surface area contributed by atoms with Crippen LogP contribution in [0.15, 0.2) is 119 Å². The summed E-state index contributed by atoms with van der Waals surface area (Å²) in [4.78, 5) is 71.0. The second kappa shape index (κ2) is 18.8. The Hall–Kier alpha value is -5.63. The number of carbonyl (C=O) groups is 4. The van der Waals surface area contributed by atoms with Crippen LogP contribution in [-0.2, 0) is 35.3 Å². The molecule has 3 amide bonds. The first-order valence-corrected chi connectivity index (χ1v) is 23.1. The van der Waals surface area contributed by atoms with Crippen molar-refractivity contribution in [2.45, 2.75) is 71.1 Å². The molecule has 2 saturated heterocycles. The van der Waals surface area contributed by atoms with E-state index >= 15 is 0 Å². The smallest absolute Gasteiger partial charge is 0.408 e. The molecular formula is C43H44N8O7S4. The molecule has 4 heterocycles. The number of aromatic nitrogens is 3. The number of benzene rings is 3. The summed E-state index contributed by atoms with van der Waals surface area (Å²) in [5.74, 6) is -1.92. The summed E-state index contributed by atoms with van der Waals surface area (Å²) < 4.78 is 8.21. The Morgan fingerprint density at radius 2 is 1.60 bits per heavy atom. The number of fused-ring (bicyclic) bond motifs is 1. The summed E-state index contributed by atoms with van der Waals surface area (Å²) in [7, 11) is 0. The largest absolute Gasteiger partial charge is 0.480 e. The van der Waals surface area contributed by atoms with Gasteiger partial charge in [-0.3, -0.25) is 19.4 Å². The number of ether oxygens (including phenoxy) is 1. The standard InChI is InChI=1S/C43H44N8O7S4/c1-26(46-40(56)57-41(2,3)4)59-23-30-31(21-14-22-45-30)61-42(38(54)55)24-51-36(53)33(37(51)60-25-42)47-35(52)32(34-48-39(44)62-50-34)49-58-43(27-15-8-5-9-16-27,28-17-10-6-11-18-28)29-19-12-7-13-20-29/h5-22,26,33,37H,23-25H2,1-4H3,(H,46,56)(H,47,52)(H,54,55)(H2,44,48,50)/t26?,33-,37-,42?/m1/s1. The maximum atomic E-state index is 14.3.